The molecule has 1 saturated carbocycles. The summed E-state index contributed by atoms with van der Waals surface area (Å²) in [6.45, 7) is 4.18. The third-order valence-corrected chi connectivity index (χ3v) is 6.25. The number of hydrogen-bond donors (Lipinski definition) is 2. The molecule has 0 radical (unpaired) electrons. The Morgan fingerprint density at radius 1 is 1.29 bits per heavy atom. The Bertz CT molecular complexity index is 1220. The van der Waals surface area contributed by atoms with Gasteiger partial charge in [0.25, 0.3) is 11.5 Å². The highest BCUT2D eigenvalue weighted by Gasteiger charge is 2.49. The van der Waals surface area contributed by atoms with Gasteiger partial charge in [-0.1, -0.05) is 6.92 Å². The number of H-pyrrole nitrogens is 1. The van der Waals surface area contributed by atoms with Gasteiger partial charge in [0, 0.05) is 62.2 Å². The summed E-state index contributed by atoms with van der Waals surface area (Å²) < 4.78 is 16.1. The lowest BCUT2D eigenvalue weighted by molar-refractivity contribution is 0.0953. The molecule has 10 heteroatoms. The van der Waals surface area contributed by atoms with Crippen molar-refractivity contribution in [2.24, 2.45) is 0 Å². The van der Waals surface area contributed by atoms with Crippen molar-refractivity contribution < 1.29 is 9.18 Å². The van der Waals surface area contributed by atoms with Gasteiger partial charge in [-0.3, -0.25) is 14.5 Å². The first-order valence-electron chi connectivity index (χ1n) is 10.5. The number of aromatic amines is 1. The number of fused-ring (bicyclic) bond motifs is 2. The van der Waals surface area contributed by atoms with E-state index in [4.69, 9.17) is 0 Å². The van der Waals surface area contributed by atoms with E-state index in [1.807, 2.05) is 13.1 Å². The number of piperazine rings is 1. The predicted octanol–water partition coefficient (Wildman–Crippen LogP) is 0.942. The molecule has 0 spiro atoms. The lowest BCUT2D eigenvalue weighted by atomic mass is 10.2. The highest BCUT2D eigenvalue weighted by Crippen LogP contribution is 2.40. The van der Waals surface area contributed by atoms with Crippen molar-refractivity contribution in [3.05, 3.63) is 57.6 Å². The molecule has 2 N–H and O–H groups in total. The summed E-state index contributed by atoms with van der Waals surface area (Å²) in [6.07, 6.45) is 6.81. The van der Waals surface area contributed by atoms with Crippen LogP contribution >= 0.6 is 0 Å². The van der Waals surface area contributed by atoms with Crippen LogP contribution in [0.2, 0.25) is 0 Å². The van der Waals surface area contributed by atoms with Gasteiger partial charge in [0.05, 0.1) is 18.1 Å². The summed E-state index contributed by atoms with van der Waals surface area (Å²) >= 11 is 0. The van der Waals surface area contributed by atoms with Gasteiger partial charge in [-0.25, -0.2) is 13.9 Å². The van der Waals surface area contributed by atoms with Crippen LogP contribution in [0.3, 0.4) is 0 Å². The monoisotopic (exact) mass is 425 g/mol. The molecule has 0 bridgehead atoms. The largest absolute Gasteiger partial charge is 0.364 e. The summed E-state index contributed by atoms with van der Waals surface area (Å²) in [5, 5.41) is 6.80. The van der Waals surface area contributed by atoms with Gasteiger partial charge in [0.2, 0.25) is 0 Å². The predicted molar refractivity (Wildman–Crippen MR) is 113 cm³/mol. The number of aryl methyl sites for hydroxylation is 1. The number of amides is 1. The number of halogens is 1. The molecule has 9 nitrogen and oxygen atoms in total. The Morgan fingerprint density at radius 3 is 2.87 bits per heavy atom. The molecule has 1 aliphatic carbocycles. The van der Waals surface area contributed by atoms with Crippen LogP contribution in [0.5, 0.6) is 0 Å². The number of carbonyl (C=O) groups is 1. The highest BCUT2D eigenvalue weighted by molar-refractivity contribution is 5.92. The highest BCUT2D eigenvalue weighted by atomic mass is 19.1. The van der Waals surface area contributed by atoms with Crippen LogP contribution in [-0.4, -0.2) is 62.6 Å². The van der Waals surface area contributed by atoms with Gasteiger partial charge < -0.3 is 15.2 Å². The summed E-state index contributed by atoms with van der Waals surface area (Å²) in [5.74, 6) is -1.14. The van der Waals surface area contributed by atoms with E-state index in [0.29, 0.717) is 30.3 Å². The molecule has 3 aromatic heterocycles. The molecule has 2 aliphatic rings. The second kappa shape index (κ2) is 7.45. The Labute approximate surface area is 177 Å². The van der Waals surface area contributed by atoms with E-state index in [-0.39, 0.29) is 17.3 Å². The van der Waals surface area contributed by atoms with Crippen LogP contribution in [0.15, 0.2) is 29.5 Å². The van der Waals surface area contributed by atoms with Gasteiger partial charge in [0.1, 0.15) is 5.65 Å². The van der Waals surface area contributed by atoms with Crippen molar-refractivity contribution in [2.75, 3.05) is 25.0 Å². The van der Waals surface area contributed by atoms with Crippen LogP contribution in [0.1, 0.15) is 35.0 Å². The quantitative estimate of drug-likeness (QED) is 0.632. The number of nitrogens with zero attached hydrogens (tertiary/aromatic N) is 5. The van der Waals surface area contributed by atoms with E-state index < -0.39 is 11.7 Å². The number of nitrogens with one attached hydrogen (secondary N) is 2. The van der Waals surface area contributed by atoms with Crippen molar-refractivity contribution >= 4 is 17.2 Å². The minimum Gasteiger partial charge on any atom is -0.364 e. The molecule has 162 valence electrons. The first-order chi connectivity index (χ1) is 15.0. The maximum absolute atomic E-state index is 14.3. The standard InChI is InChI=1S/C21H24FN7O2/c1-3-12-11-29-19(26-20(12)30)13(8-25-29)10-27-4-5-28(17-7-16(17)27)14-6-15(22)18(24-9-14)21(31)23-2/h6,8-9,11,16-17H,3-5,7,10H2,1-2H3,(H,23,31)(H,26,30). The van der Waals surface area contributed by atoms with Crippen molar-refractivity contribution in [3.63, 3.8) is 0 Å². The fourth-order valence-corrected chi connectivity index (χ4v) is 4.47. The average molecular weight is 425 g/mol. The molecule has 1 aliphatic heterocycles. The third kappa shape index (κ3) is 3.36. The molecule has 4 heterocycles. The van der Waals surface area contributed by atoms with E-state index in [1.54, 1.807) is 16.9 Å². The summed E-state index contributed by atoms with van der Waals surface area (Å²) in [6, 6.07) is 2.03. The first kappa shape index (κ1) is 19.7. The van der Waals surface area contributed by atoms with Crippen LogP contribution in [-0.2, 0) is 13.0 Å². The Balaban J connectivity index is 1.31. The van der Waals surface area contributed by atoms with Gasteiger partial charge in [0.15, 0.2) is 11.5 Å². The lowest BCUT2D eigenvalue weighted by Crippen LogP contribution is -2.46. The maximum atomic E-state index is 14.3. The summed E-state index contributed by atoms with van der Waals surface area (Å²) in [5.41, 5.74) is 2.87. The summed E-state index contributed by atoms with van der Waals surface area (Å²) in [7, 11) is 1.45. The van der Waals surface area contributed by atoms with Gasteiger partial charge in [-0.05, 0) is 12.8 Å². The fourth-order valence-electron chi connectivity index (χ4n) is 4.47. The van der Waals surface area contributed by atoms with Crippen molar-refractivity contribution in [1.29, 1.82) is 0 Å². The number of pyridine rings is 1. The van der Waals surface area contributed by atoms with E-state index in [0.717, 1.165) is 30.7 Å². The molecular formula is C21H24FN7O2. The molecule has 1 saturated heterocycles. The van der Waals surface area contributed by atoms with Gasteiger partial charge in [-0.15, -0.1) is 0 Å². The Kier molecular flexibility index (Phi) is 4.73. The van der Waals surface area contributed by atoms with Crippen LogP contribution in [0.25, 0.3) is 5.65 Å². The number of aromatic nitrogens is 4. The minimum absolute atomic E-state index is 0.0689. The van der Waals surface area contributed by atoms with Crippen LogP contribution in [0.4, 0.5) is 10.1 Å². The molecule has 5 rings (SSSR count). The zero-order valence-corrected chi connectivity index (χ0v) is 17.4. The van der Waals surface area contributed by atoms with Crippen LogP contribution in [0, 0.1) is 5.82 Å². The molecule has 2 fully saturated rings. The molecule has 31 heavy (non-hydrogen) atoms. The molecule has 3 aromatic rings. The topological polar surface area (TPSA) is 98.6 Å². The van der Waals surface area contributed by atoms with E-state index in [2.05, 4.69) is 30.2 Å². The Hall–Kier alpha value is -3.27. The number of anilines is 1. The first-order valence-corrected chi connectivity index (χ1v) is 10.5. The second-order valence-corrected chi connectivity index (χ2v) is 8.06. The van der Waals surface area contributed by atoms with Crippen LogP contribution < -0.4 is 15.8 Å². The molecule has 2 atom stereocenters. The van der Waals surface area contributed by atoms with Gasteiger partial charge >= 0.3 is 0 Å². The zero-order chi connectivity index (χ0) is 21.7. The smallest absolute Gasteiger partial charge is 0.272 e. The maximum Gasteiger partial charge on any atom is 0.272 e. The van der Waals surface area contributed by atoms with Crippen molar-refractivity contribution in [1.82, 2.24) is 29.8 Å². The number of carbonyl (C=O) groups excluding carboxylic acids is 1. The Morgan fingerprint density at radius 2 is 2.13 bits per heavy atom. The molecule has 1 amide bonds. The van der Waals surface area contributed by atoms with Gasteiger partial charge in [-0.2, -0.15) is 5.10 Å². The van der Waals surface area contributed by atoms with Crippen molar-refractivity contribution in [2.45, 2.75) is 38.4 Å². The molecule has 0 aromatic carbocycles. The second-order valence-electron chi connectivity index (χ2n) is 8.06. The molecular weight excluding hydrogens is 401 g/mol. The van der Waals surface area contributed by atoms with E-state index in [1.165, 1.54) is 13.1 Å². The summed E-state index contributed by atoms with van der Waals surface area (Å²) in [4.78, 5) is 35.4. The number of rotatable bonds is 5. The van der Waals surface area contributed by atoms with E-state index >= 15 is 0 Å². The lowest BCUT2D eigenvalue weighted by Gasteiger charge is -2.35. The SMILES string of the molecule is CCc1cn2ncc(CN3CCN(c4cnc(C(=O)NC)c(F)c4)C4CC43)c2[nH]c1=O. The minimum atomic E-state index is -0.613. The normalized spacial score (nSPS) is 20.7. The third-order valence-electron chi connectivity index (χ3n) is 6.25. The van der Waals surface area contributed by atoms with E-state index in [9.17, 15) is 14.0 Å². The number of hydrogen-bond acceptors (Lipinski definition) is 6. The van der Waals surface area contributed by atoms with Crippen molar-refractivity contribution in [3.8, 4) is 0 Å². The molecule has 2 unspecified atom stereocenters. The zero-order valence-electron chi connectivity index (χ0n) is 17.4. The average Bonchev–Trinajstić information content (AvgIpc) is 3.49. The fraction of sp³-hybridized carbons (Fsp3) is 0.429.